The fourth-order valence-electron chi connectivity index (χ4n) is 3.84. The van der Waals surface area contributed by atoms with E-state index in [2.05, 4.69) is 19.1 Å². The topological polar surface area (TPSA) is 57.5 Å². The number of aliphatic carboxylic acids is 1. The van der Waals surface area contributed by atoms with Crippen LogP contribution in [-0.2, 0) is 4.79 Å². The number of rotatable bonds is 23. The van der Waals surface area contributed by atoms with Crippen LogP contribution in [0.15, 0.2) is 12.2 Å². The average molecular weight is 411 g/mol. The second kappa shape index (κ2) is 23.4. The first-order chi connectivity index (χ1) is 14.2. The maximum atomic E-state index is 10.4. The summed E-state index contributed by atoms with van der Waals surface area (Å²) in [6.07, 6.45) is 28.9. The Hall–Kier alpha value is -0.830. The molecule has 2 N–H and O–H groups in total. The Kier molecular flexibility index (Phi) is 22.8. The predicted molar refractivity (Wildman–Crippen MR) is 125 cm³/mol. The van der Waals surface area contributed by atoms with Crippen molar-refractivity contribution in [1.82, 2.24) is 0 Å². The van der Waals surface area contributed by atoms with Gasteiger partial charge in [-0.1, -0.05) is 103 Å². The Morgan fingerprint density at radius 3 is 1.52 bits per heavy atom. The van der Waals surface area contributed by atoms with Crippen molar-refractivity contribution in [2.45, 2.75) is 135 Å². The van der Waals surface area contributed by atoms with Crippen molar-refractivity contribution in [2.24, 2.45) is 5.92 Å². The van der Waals surface area contributed by atoms with Crippen LogP contribution in [0.4, 0.5) is 0 Å². The van der Waals surface area contributed by atoms with Crippen molar-refractivity contribution >= 4 is 5.97 Å². The molecule has 0 aromatic rings. The van der Waals surface area contributed by atoms with Crippen LogP contribution in [0.2, 0.25) is 0 Å². The highest BCUT2D eigenvalue weighted by Crippen LogP contribution is 2.16. The zero-order chi connectivity index (χ0) is 21.4. The number of unbranched alkanes of at least 4 members (excludes halogenated alkanes) is 15. The lowest BCUT2D eigenvalue weighted by atomic mass is 9.98. The van der Waals surface area contributed by atoms with E-state index in [1.54, 1.807) is 0 Å². The van der Waals surface area contributed by atoms with Gasteiger partial charge in [-0.25, -0.2) is 0 Å². The maximum absolute atomic E-state index is 10.4. The first-order valence-electron chi connectivity index (χ1n) is 12.7. The highest BCUT2D eigenvalue weighted by molar-refractivity contribution is 5.66. The van der Waals surface area contributed by atoms with E-state index in [1.807, 2.05) is 0 Å². The van der Waals surface area contributed by atoms with Gasteiger partial charge in [0.25, 0.3) is 0 Å². The van der Waals surface area contributed by atoms with Gasteiger partial charge >= 0.3 is 5.97 Å². The fourth-order valence-corrected chi connectivity index (χ4v) is 3.84. The number of aliphatic hydroxyl groups is 1. The van der Waals surface area contributed by atoms with Gasteiger partial charge in [-0.05, 0) is 44.4 Å². The largest absolute Gasteiger partial charge is 0.481 e. The molecule has 3 nitrogen and oxygen atoms in total. The summed E-state index contributed by atoms with van der Waals surface area (Å²) in [6, 6.07) is 0. The molecule has 0 aliphatic carbocycles. The standard InChI is InChI=1S/C26H50O3/c1-2-25(24-27)22-20-18-16-14-12-10-8-6-4-3-5-7-9-11-13-15-17-19-21-23-26(28)29/h7,9,25,27H,2-6,8,10-24H2,1H3,(H,28,29)/b9-7-. The van der Waals surface area contributed by atoms with E-state index >= 15 is 0 Å². The van der Waals surface area contributed by atoms with Crippen LogP contribution in [0.3, 0.4) is 0 Å². The molecule has 1 atom stereocenters. The van der Waals surface area contributed by atoms with E-state index in [0.717, 1.165) is 19.3 Å². The van der Waals surface area contributed by atoms with E-state index in [0.29, 0.717) is 18.9 Å². The number of hydrogen-bond donors (Lipinski definition) is 2. The Labute approximate surface area is 181 Å². The average Bonchev–Trinajstić information content (AvgIpc) is 2.71. The molecule has 1 unspecified atom stereocenters. The van der Waals surface area contributed by atoms with Crippen molar-refractivity contribution in [3.05, 3.63) is 12.2 Å². The Morgan fingerprint density at radius 2 is 1.10 bits per heavy atom. The van der Waals surface area contributed by atoms with Gasteiger partial charge in [0.05, 0.1) is 0 Å². The predicted octanol–water partition coefficient (Wildman–Crippen LogP) is 8.06. The van der Waals surface area contributed by atoms with Crippen molar-refractivity contribution in [3.8, 4) is 0 Å². The Morgan fingerprint density at radius 1 is 0.690 bits per heavy atom. The molecular formula is C26H50O3. The van der Waals surface area contributed by atoms with E-state index in [9.17, 15) is 9.90 Å². The first-order valence-corrected chi connectivity index (χ1v) is 12.7. The van der Waals surface area contributed by atoms with Crippen LogP contribution >= 0.6 is 0 Å². The third-order valence-electron chi connectivity index (χ3n) is 6.00. The number of carboxylic acid groups (broad SMARTS) is 1. The third kappa shape index (κ3) is 23.3. The molecule has 0 saturated carbocycles. The van der Waals surface area contributed by atoms with Crippen molar-refractivity contribution < 1.29 is 15.0 Å². The molecule has 3 heteroatoms. The molecule has 29 heavy (non-hydrogen) atoms. The molecule has 0 amide bonds. The van der Waals surface area contributed by atoms with Crippen molar-refractivity contribution in [3.63, 3.8) is 0 Å². The van der Waals surface area contributed by atoms with Crippen molar-refractivity contribution in [1.29, 1.82) is 0 Å². The SMILES string of the molecule is CCC(CO)CCCCCCCCCCCC/C=C\CCCCCCCC(=O)O. The Balaban J connectivity index is 3.14. The summed E-state index contributed by atoms with van der Waals surface area (Å²) in [6.45, 7) is 2.54. The van der Waals surface area contributed by atoms with Crippen LogP contribution in [0, 0.1) is 5.92 Å². The highest BCUT2D eigenvalue weighted by atomic mass is 16.4. The molecule has 0 aliphatic rings. The summed E-state index contributed by atoms with van der Waals surface area (Å²) in [7, 11) is 0. The summed E-state index contributed by atoms with van der Waals surface area (Å²) >= 11 is 0. The minimum atomic E-state index is -0.667. The van der Waals surface area contributed by atoms with Crippen LogP contribution in [0.25, 0.3) is 0 Å². The van der Waals surface area contributed by atoms with E-state index < -0.39 is 5.97 Å². The summed E-state index contributed by atoms with van der Waals surface area (Å²) < 4.78 is 0. The molecule has 0 heterocycles. The van der Waals surface area contributed by atoms with Gasteiger partial charge in [0, 0.05) is 13.0 Å². The van der Waals surface area contributed by atoms with Gasteiger partial charge in [-0.3, -0.25) is 4.79 Å². The molecule has 0 saturated heterocycles. The van der Waals surface area contributed by atoms with E-state index in [-0.39, 0.29) is 0 Å². The second-order valence-corrected chi connectivity index (χ2v) is 8.74. The number of aliphatic hydroxyl groups excluding tert-OH is 1. The van der Waals surface area contributed by atoms with Gasteiger partial charge in [0.15, 0.2) is 0 Å². The summed E-state index contributed by atoms with van der Waals surface area (Å²) in [4.78, 5) is 10.4. The molecule has 0 spiro atoms. The molecule has 0 bridgehead atoms. The van der Waals surface area contributed by atoms with Crippen molar-refractivity contribution in [2.75, 3.05) is 6.61 Å². The lowest BCUT2D eigenvalue weighted by Crippen LogP contribution is -2.03. The smallest absolute Gasteiger partial charge is 0.303 e. The van der Waals surface area contributed by atoms with Gasteiger partial charge in [-0.15, -0.1) is 0 Å². The van der Waals surface area contributed by atoms with Crippen LogP contribution in [0.1, 0.15) is 135 Å². The van der Waals surface area contributed by atoms with Gasteiger partial charge < -0.3 is 10.2 Å². The molecule has 0 radical (unpaired) electrons. The minimum absolute atomic E-state index is 0.325. The molecule has 0 fully saturated rings. The summed E-state index contributed by atoms with van der Waals surface area (Å²) in [5.41, 5.74) is 0. The quantitative estimate of drug-likeness (QED) is 0.132. The molecule has 0 rings (SSSR count). The van der Waals surface area contributed by atoms with E-state index in [4.69, 9.17) is 5.11 Å². The monoisotopic (exact) mass is 410 g/mol. The third-order valence-corrected chi connectivity index (χ3v) is 6.00. The molecule has 0 aromatic heterocycles. The van der Waals surface area contributed by atoms with Gasteiger partial charge in [0.2, 0.25) is 0 Å². The molecule has 0 aliphatic heterocycles. The number of allylic oxidation sites excluding steroid dienone is 2. The molecular weight excluding hydrogens is 360 g/mol. The molecule has 0 aromatic carbocycles. The zero-order valence-corrected chi connectivity index (χ0v) is 19.4. The second-order valence-electron chi connectivity index (χ2n) is 8.74. The van der Waals surface area contributed by atoms with Crippen LogP contribution in [-0.4, -0.2) is 22.8 Å². The lowest BCUT2D eigenvalue weighted by molar-refractivity contribution is -0.137. The van der Waals surface area contributed by atoms with Crippen LogP contribution in [0.5, 0.6) is 0 Å². The maximum Gasteiger partial charge on any atom is 0.303 e. The fraction of sp³-hybridized carbons (Fsp3) is 0.885. The normalized spacial score (nSPS) is 12.6. The van der Waals surface area contributed by atoms with Gasteiger partial charge in [-0.2, -0.15) is 0 Å². The van der Waals surface area contributed by atoms with Crippen LogP contribution < -0.4 is 0 Å². The molecule has 172 valence electrons. The van der Waals surface area contributed by atoms with Gasteiger partial charge in [0.1, 0.15) is 0 Å². The number of carboxylic acids is 1. The van der Waals surface area contributed by atoms with E-state index in [1.165, 1.54) is 103 Å². The highest BCUT2D eigenvalue weighted by Gasteiger charge is 2.03. The first kappa shape index (κ1) is 28.2. The summed E-state index contributed by atoms with van der Waals surface area (Å²) in [5.74, 6) is -0.133. The lowest BCUT2D eigenvalue weighted by Gasteiger charge is -2.10. The summed E-state index contributed by atoms with van der Waals surface area (Å²) in [5, 5.41) is 17.8. The number of carbonyl (C=O) groups is 1. The Bertz CT molecular complexity index is 361. The minimum Gasteiger partial charge on any atom is -0.481 e. The zero-order valence-electron chi connectivity index (χ0n) is 19.4. The number of hydrogen-bond acceptors (Lipinski definition) is 2.